The van der Waals surface area contributed by atoms with Crippen LogP contribution in [-0.4, -0.2) is 28.9 Å². The van der Waals surface area contributed by atoms with Crippen molar-refractivity contribution in [1.82, 2.24) is 4.90 Å². The number of likely N-dealkylation sites (tertiary alicyclic amines) is 1. The zero-order valence-corrected chi connectivity index (χ0v) is 11.5. The third-order valence-electron chi connectivity index (χ3n) is 3.73. The molecule has 1 fully saturated rings. The van der Waals surface area contributed by atoms with Crippen LogP contribution >= 0.6 is 11.6 Å². The van der Waals surface area contributed by atoms with Crippen molar-refractivity contribution in [3.8, 4) is 0 Å². The molecule has 0 spiro atoms. The van der Waals surface area contributed by atoms with E-state index in [2.05, 4.69) is 0 Å². The van der Waals surface area contributed by atoms with Gasteiger partial charge in [0, 0.05) is 13.0 Å². The summed E-state index contributed by atoms with van der Waals surface area (Å²) in [4.78, 5) is 24.6. The minimum absolute atomic E-state index is 0.0301. The Morgan fingerprint density at radius 2 is 2.10 bits per heavy atom. The molecule has 1 heterocycles. The van der Waals surface area contributed by atoms with Gasteiger partial charge >= 0.3 is 6.03 Å². The SMILES string of the molecule is NC(=O)N1CCCC1(Cc1cccc(Cl)c1F)C(N)=O. The van der Waals surface area contributed by atoms with Gasteiger partial charge in [-0.25, -0.2) is 9.18 Å². The van der Waals surface area contributed by atoms with Gasteiger partial charge in [0.15, 0.2) is 0 Å². The lowest BCUT2D eigenvalue weighted by Crippen LogP contribution is -2.58. The Labute approximate surface area is 120 Å². The van der Waals surface area contributed by atoms with E-state index in [0.717, 1.165) is 0 Å². The largest absolute Gasteiger partial charge is 0.368 e. The molecule has 2 rings (SSSR count). The Kier molecular flexibility index (Phi) is 3.85. The van der Waals surface area contributed by atoms with E-state index >= 15 is 0 Å². The van der Waals surface area contributed by atoms with E-state index in [1.165, 1.54) is 17.0 Å². The number of urea groups is 1. The van der Waals surface area contributed by atoms with Gasteiger partial charge in [0.1, 0.15) is 11.4 Å². The van der Waals surface area contributed by atoms with Crippen LogP contribution in [0.5, 0.6) is 0 Å². The van der Waals surface area contributed by atoms with Gasteiger partial charge in [-0.05, 0) is 24.5 Å². The summed E-state index contributed by atoms with van der Waals surface area (Å²) in [6.45, 7) is 0.334. The lowest BCUT2D eigenvalue weighted by atomic mass is 9.87. The van der Waals surface area contributed by atoms with E-state index in [4.69, 9.17) is 23.1 Å². The molecule has 0 saturated carbocycles. The second-order valence-electron chi connectivity index (χ2n) is 4.88. The summed E-state index contributed by atoms with van der Waals surface area (Å²) in [5, 5.41) is -0.0363. The maximum Gasteiger partial charge on any atom is 0.315 e. The highest BCUT2D eigenvalue weighted by Crippen LogP contribution is 2.34. The average molecular weight is 300 g/mol. The Morgan fingerprint density at radius 1 is 1.40 bits per heavy atom. The number of carbonyl (C=O) groups excluding carboxylic acids is 2. The minimum atomic E-state index is -1.28. The van der Waals surface area contributed by atoms with Crippen molar-refractivity contribution in [2.24, 2.45) is 11.5 Å². The number of carbonyl (C=O) groups is 2. The number of nitrogens with zero attached hydrogens (tertiary/aromatic N) is 1. The summed E-state index contributed by atoms with van der Waals surface area (Å²) in [5.41, 5.74) is 9.71. The maximum atomic E-state index is 14.0. The molecule has 1 aliphatic heterocycles. The van der Waals surface area contributed by atoms with Crippen molar-refractivity contribution < 1.29 is 14.0 Å². The van der Waals surface area contributed by atoms with Crippen LogP contribution in [0.2, 0.25) is 5.02 Å². The fourth-order valence-electron chi connectivity index (χ4n) is 2.73. The van der Waals surface area contributed by atoms with E-state index in [9.17, 15) is 14.0 Å². The predicted molar refractivity (Wildman–Crippen MR) is 72.6 cm³/mol. The summed E-state index contributed by atoms with van der Waals surface area (Å²) in [5.74, 6) is -1.29. The van der Waals surface area contributed by atoms with Gasteiger partial charge in [-0.2, -0.15) is 0 Å². The lowest BCUT2D eigenvalue weighted by molar-refractivity contribution is -0.127. The smallest absolute Gasteiger partial charge is 0.315 e. The van der Waals surface area contributed by atoms with Crippen molar-refractivity contribution in [1.29, 1.82) is 0 Å². The van der Waals surface area contributed by atoms with Crippen molar-refractivity contribution in [3.05, 3.63) is 34.6 Å². The van der Waals surface area contributed by atoms with E-state index in [-0.39, 0.29) is 17.0 Å². The second-order valence-corrected chi connectivity index (χ2v) is 5.29. The predicted octanol–water partition coefficient (Wildman–Crippen LogP) is 1.42. The quantitative estimate of drug-likeness (QED) is 0.884. The molecule has 5 nitrogen and oxygen atoms in total. The van der Waals surface area contributed by atoms with Crippen molar-refractivity contribution >= 4 is 23.5 Å². The Bertz CT molecular complexity index is 567. The average Bonchev–Trinajstić information content (AvgIpc) is 2.80. The van der Waals surface area contributed by atoms with Crippen LogP contribution in [-0.2, 0) is 11.2 Å². The molecule has 1 aliphatic rings. The van der Waals surface area contributed by atoms with Gasteiger partial charge in [-0.15, -0.1) is 0 Å². The molecule has 1 atom stereocenters. The number of halogens is 2. The van der Waals surface area contributed by atoms with Crippen LogP contribution < -0.4 is 11.5 Å². The molecule has 0 aliphatic carbocycles. The van der Waals surface area contributed by atoms with E-state index in [1.807, 2.05) is 0 Å². The summed E-state index contributed by atoms with van der Waals surface area (Å²) >= 11 is 5.73. The van der Waals surface area contributed by atoms with Gasteiger partial charge in [0.2, 0.25) is 5.91 Å². The molecule has 108 valence electrons. The van der Waals surface area contributed by atoms with Crippen molar-refractivity contribution in [2.45, 2.75) is 24.8 Å². The van der Waals surface area contributed by atoms with Crippen LogP contribution in [0.1, 0.15) is 18.4 Å². The number of nitrogens with two attached hydrogens (primary N) is 2. The Balaban J connectivity index is 2.42. The number of benzene rings is 1. The first-order valence-electron chi connectivity index (χ1n) is 6.18. The molecule has 0 aromatic heterocycles. The molecule has 3 amide bonds. The normalized spacial score (nSPS) is 22.0. The second kappa shape index (κ2) is 5.28. The van der Waals surface area contributed by atoms with Gasteiger partial charge in [0.25, 0.3) is 0 Å². The highest BCUT2D eigenvalue weighted by Gasteiger charge is 2.48. The molecule has 0 radical (unpaired) electrons. The highest BCUT2D eigenvalue weighted by atomic mass is 35.5. The summed E-state index contributed by atoms with van der Waals surface area (Å²) in [6.07, 6.45) is 0.920. The summed E-state index contributed by atoms with van der Waals surface area (Å²) in [7, 11) is 0. The molecule has 7 heteroatoms. The first-order chi connectivity index (χ1) is 9.38. The Morgan fingerprint density at radius 3 is 2.70 bits per heavy atom. The van der Waals surface area contributed by atoms with Crippen molar-refractivity contribution in [3.63, 3.8) is 0 Å². The van der Waals surface area contributed by atoms with E-state index in [1.54, 1.807) is 6.07 Å². The van der Waals surface area contributed by atoms with Crippen molar-refractivity contribution in [2.75, 3.05) is 6.54 Å². The number of primary amides is 2. The van der Waals surface area contributed by atoms with Crippen LogP contribution in [0.3, 0.4) is 0 Å². The third kappa shape index (κ3) is 2.31. The molecule has 1 aromatic carbocycles. The molecular formula is C13H15ClFN3O2. The van der Waals surface area contributed by atoms with Gasteiger partial charge in [0.05, 0.1) is 5.02 Å². The van der Waals surface area contributed by atoms with E-state index in [0.29, 0.717) is 19.4 Å². The van der Waals surface area contributed by atoms with Gasteiger partial charge in [-0.1, -0.05) is 23.7 Å². The molecule has 20 heavy (non-hydrogen) atoms. The monoisotopic (exact) mass is 299 g/mol. The van der Waals surface area contributed by atoms with Gasteiger partial charge < -0.3 is 16.4 Å². The Hall–Kier alpha value is -1.82. The maximum absolute atomic E-state index is 14.0. The molecule has 1 unspecified atom stereocenters. The summed E-state index contributed by atoms with van der Waals surface area (Å²) in [6, 6.07) is 3.78. The lowest BCUT2D eigenvalue weighted by Gasteiger charge is -2.34. The molecule has 4 N–H and O–H groups in total. The van der Waals surface area contributed by atoms with Crippen LogP contribution in [0.15, 0.2) is 18.2 Å². The molecule has 1 saturated heterocycles. The first-order valence-corrected chi connectivity index (χ1v) is 6.56. The minimum Gasteiger partial charge on any atom is -0.368 e. The molecule has 0 bridgehead atoms. The standard InChI is InChI=1S/C13H15ClFN3O2/c14-9-4-1-3-8(10(9)15)7-13(11(16)19)5-2-6-18(13)12(17)20/h1,3-4H,2,5-7H2,(H2,16,19)(H2,17,20). The number of amides is 3. The first kappa shape index (κ1) is 14.6. The number of rotatable bonds is 3. The van der Waals surface area contributed by atoms with E-state index < -0.39 is 23.3 Å². The number of hydrogen-bond donors (Lipinski definition) is 2. The summed E-state index contributed by atoms with van der Waals surface area (Å²) < 4.78 is 14.0. The zero-order valence-electron chi connectivity index (χ0n) is 10.7. The third-order valence-corrected chi connectivity index (χ3v) is 4.02. The van der Waals surface area contributed by atoms with Gasteiger partial charge in [-0.3, -0.25) is 4.79 Å². The van der Waals surface area contributed by atoms with Crippen LogP contribution in [0, 0.1) is 5.82 Å². The van der Waals surface area contributed by atoms with Crippen LogP contribution in [0.25, 0.3) is 0 Å². The van der Waals surface area contributed by atoms with Crippen LogP contribution in [0.4, 0.5) is 9.18 Å². The zero-order chi connectivity index (χ0) is 14.9. The fourth-order valence-corrected chi connectivity index (χ4v) is 2.92. The molecule has 1 aromatic rings. The highest BCUT2D eigenvalue weighted by molar-refractivity contribution is 6.30. The fraction of sp³-hybridized carbons (Fsp3) is 0.385. The molecular weight excluding hydrogens is 285 g/mol. The number of hydrogen-bond acceptors (Lipinski definition) is 2. The topological polar surface area (TPSA) is 89.4 Å².